The van der Waals surface area contributed by atoms with Crippen LogP contribution in [0.4, 0.5) is 5.69 Å². The number of nitriles is 1. The molecule has 3 aromatic rings. The van der Waals surface area contributed by atoms with E-state index < -0.39 is 0 Å². The van der Waals surface area contributed by atoms with E-state index in [0.29, 0.717) is 17.2 Å². The number of nitrogens with one attached hydrogen (secondary N) is 2. The second kappa shape index (κ2) is 6.90. The van der Waals surface area contributed by atoms with Crippen molar-refractivity contribution in [2.75, 3.05) is 19.4 Å². The molecule has 0 saturated heterocycles. The van der Waals surface area contributed by atoms with Crippen LogP contribution in [0.25, 0.3) is 10.9 Å². The number of nitrogens with zero attached hydrogens (tertiary/aromatic N) is 2. The maximum Gasteiger partial charge on any atom is 0.255 e. The van der Waals surface area contributed by atoms with E-state index in [4.69, 9.17) is 5.26 Å². The zero-order valence-electron chi connectivity index (χ0n) is 15.5. The molecule has 1 aliphatic carbocycles. The van der Waals surface area contributed by atoms with E-state index in [9.17, 15) is 4.79 Å². The fourth-order valence-electron chi connectivity index (χ4n) is 3.82. The van der Waals surface area contributed by atoms with Gasteiger partial charge in [0, 0.05) is 33.9 Å². The van der Waals surface area contributed by atoms with Crippen molar-refractivity contribution >= 4 is 22.5 Å². The Morgan fingerprint density at radius 1 is 1.22 bits per heavy atom. The lowest BCUT2D eigenvalue weighted by Gasteiger charge is -2.28. The summed E-state index contributed by atoms with van der Waals surface area (Å²) in [5.74, 6) is -0.172. The largest absolute Gasteiger partial charge is 0.358 e. The quantitative estimate of drug-likeness (QED) is 0.750. The Kier molecular flexibility index (Phi) is 4.43. The highest BCUT2D eigenvalue weighted by Crippen LogP contribution is 2.32. The van der Waals surface area contributed by atoms with Gasteiger partial charge in [-0.2, -0.15) is 5.26 Å². The number of likely N-dealkylation sites (N-methyl/N-ethyl adjacent to an activating group) is 1. The van der Waals surface area contributed by atoms with Gasteiger partial charge in [0.15, 0.2) is 0 Å². The SMILES string of the molecule is CN(C)C1CCc2[nH]c3ccc(NC(=O)c4ccc(C#N)cc4)cc3c2C1. The lowest BCUT2D eigenvalue weighted by molar-refractivity contribution is 0.102. The highest BCUT2D eigenvalue weighted by molar-refractivity contribution is 6.05. The molecule has 0 bridgehead atoms. The number of aromatic nitrogens is 1. The first-order valence-electron chi connectivity index (χ1n) is 9.16. The molecule has 1 atom stereocenters. The van der Waals surface area contributed by atoms with Gasteiger partial charge in [0.25, 0.3) is 5.91 Å². The summed E-state index contributed by atoms with van der Waals surface area (Å²) in [6.45, 7) is 0. The molecule has 0 radical (unpaired) electrons. The van der Waals surface area contributed by atoms with Crippen molar-refractivity contribution in [3.63, 3.8) is 0 Å². The van der Waals surface area contributed by atoms with Gasteiger partial charge in [0.1, 0.15) is 0 Å². The molecule has 1 aliphatic rings. The maximum absolute atomic E-state index is 12.5. The zero-order valence-corrected chi connectivity index (χ0v) is 15.5. The molecule has 1 aromatic heterocycles. The number of hydrogen-bond acceptors (Lipinski definition) is 3. The normalized spacial score (nSPS) is 16.1. The highest BCUT2D eigenvalue weighted by atomic mass is 16.1. The third kappa shape index (κ3) is 3.32. The Bertz CT molecular complexity index is 1040. The first-order valence-corrected chi connectivity index (χ1v) is 9.16. The average molecular weight is 358 g/mol. The molecule has 1 heterocycles. The smallest absolute Gasteiger partial charge is 0.255 e. The van der Waals surface area contributed by atoms with Crippen LogP contribution in [0.3, 0.4) is 0 Å². The van der Waals surface area contributed by atoms with Gasteiger partial charge >= 0.3 is 0 Å². The van der Waals surface area contributed by atoms with Crippen molar-refractivity contribution in [2.24, 2.45) is 0 Å². The zero-order chi connectivity index (χ0) is 19.0. The number of benzene rings is 2. The van der Waals surface area contributed by atoms with Gasteiger partial charge in [-0.1, -0.05) is 0 Å². The molecule has 5 nitrogen and oxygen atoms in total. The molecule has 0 saturated carbocycles. The summed E-state index contributed by atoms with van der Waals surface area (Å²) in [5.41, 5.74) is 5.67. The number of carbonyl (C=O) groups is 1. The summed E-state index contributed by atoms with van der Waals surface area (Å²) >= 11 is 0. The van der Waals surface area contributed by atoms with Gasteiger partial charge in [-0.15, -0.1) is 0 Å². The van der Waals surface area contributed by atoms with E-state index in [1.54, 1.807) is 24.3 Å². The van der Waals surface area contributed by atoms with Crippen LogP contribution in [-0.4, -0.2) is 35.9 Å². The van der Waals surface area contributed by atoms with Crippen LogP contribution in [0.1, 0.15) is 33.6 Å². The van der Waals surface area contributed by atoms with E-state index >= 15 is 0 Å². The Morgan fingerprint density at radius 2 is 2.00 bits per heavy atom. The summed E-state index contributed by atoms with van der Waals surface area (Å²) < 4.78 is 0. The van der Waals surface area contributed by atoms with E-state index in [1.165, 1.54) is 16.6 Å². The van der Waals surface area contributed by atoms with Crippen molar-refractivity contribution in [2.45, 2.75) is 25.3 Å². The fraction of sp³-hybridized carbons (Fsp3) is 0.273. The van der Waals surface area contributed by atoms with Crippen LogP contribution < -0.4 is 5.32 Å². The monoisotopic (exact) mass is 358 g/mol. The number of fused-ring (bicyclic) bond motifs is 3. The number of carbonyl (C=O) groups excluding carboxylic acids is 1. The standard InChI is InChI=1S/C22H22N4O/c1-26(2)17-8-10-21-19(12-17)18-11-16(7-9-20(18)25-21)24-22(27)15-5-3-14(13-23)4-6-15/h3-7,9,11,17,25H,8,10,12H2,1-2H3,(H,24,27). The lowest BCUT2D eigenvalue weighted by Crippen LogP contribution is -2.33. The summed E-state index contributed by atoms with van der Waals surface area (Å²) in [7, 11) is 4.27. The predicted molar refractivity (Wildman–Crippen MR) is 107 cm³/mol. The Hall–Kier alpha value is -3.10. The molecule has 0 fully saturated rings. The minimum atomic E-state index is -0.172. The molecule has 1 amide bonds. The van der Waals surface area contributed by atoms with Gasteiger partial charge in [0.2, 0.25) is 0 Å². The van der Waals surface area contributed by atoms with Crippen molar-refractivity contribution in [1.82, 2.24) is 9.88 Å². The number of anilines is 1. The van der Waals surface area contributed by atoms with Crippen molar-refractivity contribution < 1.29 is 4.79 Å². The van der Waals surface area contributed by atoms with Gasteiger partial charge in [-0.25, -0.2) is 0 Å². The van der Waals surface area contributed by atoms with Crippen LogP contribution in [0.15, 0.2) is 42.5 Å². The lowest BCUT2D eigenvalue weighted by atomic mass is 9.91. The van der Waals surface area contributed by atoms with Crippen LogP contribution in [0.2, 0.25) is 0 Å². The topological polar surface area (TPSA) is 71.9 Å². The maximum atomic E-state index is 12.5. The number of H-pyrrole nitrogens is 1. The minimum Gasteiger partial charge on any atom is -0.358 e. The number of amides is 1. The highest BCUT2D eigenvalue weighted by Gasteiger charge is 2.23. The fourth-order valence-corrected chi connectivity index (χ4v) is 3.82. The van der Waals surface area contributed by atoms with E-state index in [0.717, 1.165) is 30.5 Å². The molecular weight excluding hydrogens is 336 g/mol. The van der Waals surface area contributed by atoms with Crippen molar-refractivity contribution in [3.05, 3.63) is 64.8 Å². The molecule has 136 valence electrons. The molecule has 1 unspecified atom stereocenters. The van der Waals surface area contributed by atoms with E-state index in [2.05, 4.69) is 41.4 Å². The van der Waals surface area contributed by atoms with Gasteiger partial charge in [0.05, 0.1) is 11.6 Å². The third-order valence-electron chi connectivity index (χ3n) is 5.43. The predicted octanol–water partition coefficient (Wildman–Crippen LogP) is 3.71. The Morgan fingerprint density at radius 3 is 2.70 bits per heavy atom. The summed E-state index contributed by atoms with van der Waals surface area (Å²) in [6, 6.07) is 15.3. The van der Waals surface area contributed by atoms with E-state index in [-0.39, 0.29) is 5.91 Å². The van der Waals surface area contributed by atoms with E-state index in [1.807, 2.05) is 12.1 Å². The van der Waals surface area contributed by atoms with Crippen LogP contribution in [0, 0.1) is 11.3 Å². The molecule has 0 aliphatic heterocycles. The molecule has 27 heavy (non-hydrogen) atoms. The van der Waals surface area contributed by atoms with Crippen molar-refractivity contribution in [3.8, 4) is 6.07 Å². The summed E-state index contributed by atoms with van der Waals surface area (Å²) in [6.07, 6.45) is 3.24. The molecular formula is C22H22N4O. The Labute approximate surface area is 158 Å². The summed E-state index contributed by atoms with van der Waals surface area (Å²) in [5, 5.41) is 13.0. The second-order valence-electron chi connectivity index (χ2n) is 7.35. The van der Waals surface area contributed by atoms with Crippen LogP contribution in [-0.2, 0) is 12.8 Å². The minimum absolute atomic E-state index is 0.172. The average Bonchev–Trinajstić information content (AvgIpc) is 3.05. The van der Waals surface area contributed by atoms with Gasteiger partial charge < -0.3 is 15.2 Å². The molecule has 5 heteroatoms. The first-order chi connectivity index (χ1) is 13.0. The molecule has 2 aromatic carbocycles. The number of aromatic amines is 1. The third-order valence-corrected chi connectivity index (χ3v) is 5.43. The number of rotatable bonds is 3. The molecule has 0 spiro atoms. The first kappa shape index (κ1) is 17.3. The van der Waals surface area contributed by atoms with Crippen LogP contribution >= 0.6 is 0 Å². The van der Waals surface area contributed by atoms with Crippen LogP contribution in [0.5, 0.6) is 0 Å². The number of aryl methyl sites for hydroxylation is 1. The van der Waals surface area contributed by atoms with Crippen molar-refractivity contribution in [1.29, 1.82) is 5.26 Å². The second-order valence-corrected chi connectivity index (χ2v) is 7.35. The Balaban J connectivity index is 1.60. The molecule has 4 rings (SSSR count). The molecule has 2 N–H and O–H groups in total. The van der Waals surface area contributed by atoms with Gasteiger partial charge in [-0.3, -0.25) is 4.79 Å². The van der Waals surface area contributed by atoms with Gasteiger partial charge in [-0.05, 0) is 81.4 Å². The number of hydrogen-bond donors (Lipinski definition) is 2. The summed E-state index contributed by atoms with van der Waals surface area (Å²) in [4.78, 5) is 18.3.